The summed E-state index contributed by atoms with van der Waals surface area (Å²) in [4.78, 5) is 12.1. The third kappa shape index (κ3) is 2.96. The molecular formula is C12H16N4O2S2. The van der Waals surface area contributed by atoms with Crippen LogP contribution in [0.15, 0.2) is 16.7 Å². The highest BCUT2D eigenvalue weighted by Crippen LogP contribution is 2.27. The SMILES string of the molecule is Cc1nc(C)c(S(=O)(=O)Nc2ncncc2C(C)C)s1. The van der Waals surface area contributed by atoms with E-state index in [9.17, 15) is 8.42 Å². The minimum Gasteiger partial charge on any atom is -0.262 e. The Labute approximate surface area is 122 Å². The highest BCUT2D eigenvalue weighted by atomic mass is 32.2. The summed E-state index contributed by atoms with van der Waals surface area (Å²) >= 11 is 1.15. The predicted molar refractivity (Wildman–Crippen MR) is 78.5 cm³/mol. The number of hydrogen-bond donors (Lipinski definition) is 1. The number of anilines is 1. The molecule has 2 heterocycles. The van der Waals surface area contributed by atoms with E-state index in [1.54, 1.807) is 20.0 Å². The van der Waals surface area contributed by atoms with Crippen molar-refractivity contribution in [3.8, 4) is 0 Å². The number of aromatic nitrogens is 3. The quantitative estimate of drug-likeness (QED) is 0.937. The lowest BCUT2D eigenvalue weighted by atomic mass is 10.1. The van der Waals surface area contributed by atoms with E-state index >= 15 is 0 Å². The van der Waals surface area contributed by atoms with Crippen molar-refractivity contribution < 1.29 is 8.42 Å². The first-order chi connectivity index (χ1) is 9.31. The van der Waals surface area contributed by atoms with E-state index in [1.807, 2.05) is 13.8 Å². The van der Waals surface area contributed by atoms with Gasteiger partial charge in [0.15, 0.2) is 4.21 Å². The maximum atomic E-state index is 12.4. The summed E-state index contributed by atoms with van der Waals surface area (Å²) in [6.07, 6.45) is 2.95. The van der Waals surface area contributed by atoms with E-state index in [2.05, 4.69) is 19.7 Å². The molecule has 8 heteroatoms. The van der Waals surface area contributed by atoms with Crippen LogP contribution in [0.1, 0.15) is 36.0 Å². The Balaban J connectivity index is 2.41. The van der Waals surface area contributed by atoms with Crippen molar-refractivity contribution in [2.24, 2.45) is 0 Å². The molecule has 0 saturated carbocycles. The summed E-state index contributed by atoms with van der Waals surface area (Å²) in [6.45, 7) is 7.37. The lowest BCUT2D eigenvalue weighted by Crippen LogP contribution is -2.15. The molecule has 0 aliphatic carbocycles. The fourth-order valence-corrected chi connectivity index (χ4v) is 4.31. The van der Waals surface area contributed by atoms with Crippen molar-refractivity contribution in [3.63, 3.8) is 0 Å². The minimum absolute atomic E-state index is 0.123. The number of nitrogens with zero attached hydrogens (tertiary/aromatic N) is 3. The maximum Gasteiger partial charge on any atom is 0.274 e. The average Bonchev–Trinajstić information content (AvgIpc) is 2.69. The Kier molecular flexibility index (Phi) is 4.05. The zero-order valence-corrected chi connectivity index (χ0v) is 13.3. The zero-order chi connectivity index (χ0) is 14.9. The third-order valence-electron chi connectivity index (χ3n) is 2.70. The largest absolute Gasteiger partial charge is 0.274 e. The summed E-state index contributed by atoms with van der Waals surface area (Å²) in [6, 6.07) is 0. The predicted octanol–water partition coefficient (Wildman–Crippen LogP) is 2.47. The van der Waals surface area contributed by atoms with E-state index < -0.39 is 10.0 Å². The van der Waals surface area contributed by atoms with Gasteiger partial charge in [0, 0.05) is 11.8 Å². The van der Waals surface area contributed by atoms with Gasteiger partial charge in [0.25, 0.3) is 10.0 Å². The molecule has 0 atom stereocenters. The van der Waals surface area contributed by atoms with Crippen LogP contribution in [0.25, 0.3) is 0 Å². The molecule has 0 bridgehead atoms. The molecule has 0 fully saturated rings. The molecule has 0 unspecified atom stereocenters. The molecule has 6 nitrogen and oxygen atoms in total. The summed E-state index contributed by atoms with van der Waals surface area (Å²) in [5.74, 6) is 0.443. The second-order valence-electron chi connectivity index (χ2n) is 4.69. The van der Waals surface area contributed by atoms with Crippen LogP contribution < -0.4 is 4.72 Å². The molecule has 0 aliphatic heterocycles. The Bertz CT molecular complexity index is 723. The van der Waals surface area contributed by atoms with Crippen molar-refractivity contribution in [1.82, 2.24) is 15.0 Å². The summed E-state index contributed by atoms with van der Waals surface area (Å²) in [5.41, 5.74) is 1.26. The van der Waals surface area contributed by atoms with Crippen LogP contribution in [0.4, 0.5) is 5.82 Å². The molecule has 0 aliphatic rings. The Morgan fingerprint density at radius 3 is 2.55 bits per heavy atom. The first-order valence-electron chi connectivity index (χ1n) is 6.08. The molecule has 108 valence electrons. The van der Waals surface area contributed by atoms with Gasteiger partial charge in [-0.3, -0.25) is 4.72 Å². The second-order valence-corrected chi connectivity index (χ2v) is 7.77. The molecule has 0 spiro atoms. The summed E-state index contributed by atoms with van der Waals surface area (Å²) < 4.78 is 27.6. The Morgan fingerprint density at radius 2 is 2.00 bits per heavy atom. The van der Waals surface area contributed by atoms with Gasteiger partial charge in [-0.1, -0.05) is 13.8 Å². The molecule has 0 amide bonds. The number of sulfonamides is 1. The van der Waals surface area contributed by atoms with E-state index in [4.69, 9.17) is 0 Å². The average molecular weight is 312 g/mol. The molecular weight excluding hydrogens is 296 g/mol. The van der Waals surface area contributed by atoms with Gasteiger partial charge in [-0.2, -0.15) is 0 Å². The Morgan fingerprint density at radius 1 is 1.30 bits per heavy atom. The molecule has 0 saturated heterocycles. The van der Waals surface area contributed by atoms with Crippen LogP contribution in [0, 0.1) is 13.8 Å². The van der Waals surface area contributed by atoms with Crippen molar-refractivity contribution in [1.29, 1.82) is 0 Å². The van der Waals surface area contributed by atoms with Gasteiger partial charge in [0.1, 0.15) is 12.1 Å². The van der Waals surface area contributed by atoms with Crippen LogP contribution in [0.3, 0.4) is 0 Å². The normalized spacial score (nSPS) is 11.8. The van der Waals surface area contributed by atoms with Crippen LogP contribution >= 0.6 is 11.3 Å². The van der Waals surface area contributed by atoms with E-state index in [-0.39, 0.29) is 10.1 Å². The first kappa shape index (κ1) is 14.9. The van der Waals surface area contributed by atoms with Crippen molar-refractivity contribution in [3.05, 3.63) is 28.8 Å². The minimum atomic E-state index is -3.66. The first-order valence-corrected chi connectivity index (χ1v) is 8.38. The topological polar surface area (TPSA) is 84.8 Å². The van der Waals surface area contributed by atoms with Gasteiger partial charge < -0.3 is 0 Å². The van der Waals surface area contributed by atoms with Crippen LogP contribution in [-0.2, 0) is 10.0 Å². The molecule has 2 aromatic rings. The standard InChI is InChI=1S/C12H16N4O2S2/c1-7(2)10-5-13-6-14-11(10)16-20(17,18)12-8(3)15-9(4)19-12/h5-7H,1-4H3,(H,13,14,16). The smallest absolute Gasteiger partial charge is 0.262 e. The van der Waals surface area contributed by atoms with Crippen molar-refractivity contribution in [2.75, 3.05) is 4.72 Å². The van der Waals surface area contributed by atoms with E-state index in [0.717, 1.165) is 21.9 Å². The third-order valence-corrected chi connectivity index (χ3v) is 5.72. The van der Waals surface area contributed by atoms with Gasteiger partial charge in [-0.15, -0.1) is 11.3 Å². The molecule has 20 heavy (non-hydrogen) atoms. The molecule has 2 rings (SSSR count). The van der Waals surface area contributed by atoms with Gasteiger partial charge in [0.05, 0.1) is 10.7 Å². The van der Waals surface area contributed by atoms with E-state index in [1.165, 1.54) is 6.33 Å². The van der Waals surface area contributed by atoms with Crippen LogP contribution in [-0.4, -0.2) is 23.4 Å². The Hall–Kier alpha value is -1.54. The number of rotatable bonds is 4. The zero-order valence-electron chi connectivity index (χ0n) is 11.7. The fraction of sp³-hybridized carbons (Fsp3) is 0.417. The molecule has 2 aromatic heterocycles. The lowest BCUT2D eigenvalue weighted by molar-refractivity contribution is 0.602. The monoisotopic (exact) mass is 312 g/mol. The second kappa shape index (κ2) is 5.45. The van der Waals surface area contributed by atoms with Gasteiger partial charge in [0.2, 0.25) is 0 Å². The maximum absolute atomic E-state index is 12.4. The summed E-state index contributed by atoms with van der Waals surface area (Å²) in [5, 5.41) is 0.717. The molecule has 1 N–H and O–H groups in total. The van der Waals surface area contributed by atoms with Crippen LogP contribution in [0.5, 0.6) is 0 Å². The van der Waals surface area contributed by atoms with Crippen molar-refractivity contribution >= 4 is 27.2 Å². The number of aryl methyl sites for hydroxylation is 2. The lowest BCUT2D eigenvalue weighted by Gasteiger charge is -2.12. The highest BCUT2D eigenvalue weighted by molar-refractivity contribution is 7.94. The van der Waals surface area contributed by atoms with Gasteiger partial charge in [-0.05, 0) is 19.8 Å². The van der Waals surface area contributed by atoms with Crippen molar-refractivity contribution in [2.45, 2.75) is 37.8 Å². The van der Waals surface area contributed by atoms with E-state index in [0.29, 0.717) is 11.5 Å². The highest BCUT2D eigenvalue weighted by Gasteiger charge is 2.23. The molecule has 0 aromatic carbocycles. The van der Waals surface area contributed by atoms with Gasteiger partial charge >= 0.3 is 0 Å². The summed E-state index contributed by atoms with van der Waals surface area (Å²) in [7, 11) is -3.66. The van der Waals surface area contributed by atoms with Crippen LogP contribution in [0.2, 0.25) is 0 Å². The number of nitrogens with one attached hydrogen (secondary N) is 1. The fourth-order valence-electron chi connectivity index (χ4n) is 1.78. The molecule has 0 radical (unpaired) electrons. The number of thiazole rings is 1. The number of hydrogen-bond acceptors (Lipinski definition) is 6. The van der Waals surface area contributed by atoms with Gasteiger partial charge in [-0.25, -0.2) is 23.4 Å².